The third-order valence-corrected chi connectivity index (χ3v) is 6.04. The van der Waals surface area contributed by atoms with Crippen molar-refractivity contribution in [1.82, 2.24) is 4.90 Å². The maximum absolute atomic E-state index is 6.14. The van der Waals surface area contributed by atoms with Crippen LogP contribution in [0.25, 0.3) is 0 Å². The van der Waals surface area contributed by atoms with Crippen molar-refractivity contribution in [3.8, 4) is 0 Å². The lowest BCUT2D eigenvalue weighted by atomic mass is 9.88. The third kappa shape index (κ3) is 3.18. The van der Waals surface area contributed by atoms with Gasteiger partial charge in [-0.3, -0.25) is 4.90 Å². The Labute approximate surface area is 112 Å². The number of hydrogen-bond acceptors (Lipinski definition) is 3. The summed E-state index contributed by atoms with van der Waals surface area (Å²) in [6.45, 7) is 12.4. The molecule has 0 bridgehead atoms. The lowest BCUT2D eigenvalue weighted by Crippen LogP contribution is -2.58. The predicted molar refractivity (Wildman–Crippen MR) is 79.6 cm³/mol. The first-order valence-electron chi connectivity index (χ1n) is 7.21. The van der Waals surface area contributed by atoms with Crippen LogP contribution in [0.2, 0.25) is 0 Å². The molecule has 0 aliphatic carbocycles. The Morgan fingerprint density at radius 3 is 2.35 bits per heavy atom. The van der Waals surface area contributed by atoms with Crippen LogP contribution in [-0.2, 0) is 0 Å². The second-order valence-electron chi connectivity index (χ2n) is 5.29. The van der Waals surface area contributed by atoms with Gasteiger partial charge in [0.05, 0.1) is 0 Å². The summed E-state index contributed by atoms with van der Waals surface area (Å²) in [4.78, 5) is 2.68. The molecular weight excluding hydrogens is 228 g/mol. The first kappa shape index (κ1) is 15.3. The topological polar surface area (TPSA) is 29.3 Å². The number of hydrogen-bond donors (Lipinski definition) is 1. The molecule has 0 aromatic rings. The highest BCUT2D eigenvalue weighted by Gasteiger charge is 2.44. The van der Waals surface area contributed by atoms with Crippen LogP contribution in [0.5, 0.6) is 0 Å². The molecule has 1 aliphatic rings. The van der Waals surface area contributed by atoms with E-state index < -0.39 is 0 Å². The molecule has 0 aromatic carbocycles. The van der Waals surface area contributed by atoms with E-state index in [1.165, 1.54) is 31.6 Å². The summed E-state index contributed by atoms with van der Waals surface area (Å²) in [5.41, 5.74) is 6.41. The molecule has 2 N–H and O–H groups in total. The summed E-state index contributed by atoms with van der Waals surface area (Å²) < 4.78 is 0. The highest BCUT2D eigenvalue weighted by atomic mass is 32.2. The van der Waals surface area contributed by atoms with Crippen LogP contribution in [-0.4, -0.2) is 41.1 Å². The quantitative estimate of drug-likeness (QED) is 0.761. The van der Waals surface area contributed by atoms with Crippen molar-refractivity contribution in [3.05, 3.63) is 0 Å². The molecule has 1 heterocycles. The van der Waals surface area contributed by atoms with Crippen molar-refractivity contribution < 1.29 is 0 Å². The van der Waals surface area contributed by atoms with E-state index in [1.807, 2.05) is 0 Å². The smallest absolute Gasteiger partial charge is 0.0455 e. The number of rotatable bonds is 7. The molecular formula is C14H30N2S. The molecule has 0 saturated carbocycles. The average Bonchev–Trinajstić information content (AvgIpc) is 2.73. The minimum absolute atomic E-state index is 0.266. The van der Waals surface area contributed by atoms with Crippen LogP contribution in [0, 0.1) is 5.92 Å². The van der Waals surface area contributed by atoms with Crippen LogP contribution in [0.3, 0.4) is 0 Å². The Bertz CT molecular complexity index is 218. The van der Waals surface area contributed by atoms with Gasteiger partial charge in [0.25, 0.3) is 0 Å². The SMILES string of the molecule is CCC(CC)CN(CC)C1(CN)CCSC1C. The molecule has 2 nitrogen and oxygen atoms in total. The van der Waals surface area contributed by atoms with E-state index in [0.29, 0.717) is 5.25 Å². The molecule has 0 radical (unpaired) electrons. The van der Waals surface area contributed by atoms with E-state index in [9.17, 15) is 0 Å². The van der Waals surface area contributed by atoms with Crippen molar-refractivity contribution in [2.24, 2.45) is 11.7 Å². The van der Waals surface area contributed by atoms with Gasteiger partial charge in [0.1, 0.15) is 0 Å². The Morgan fingerprint density at radius 2 is 2.00 bits per heavy atom. The van der Waals surface area contributed by atoms with Crippen LogP contribution in [0.1, 0.15) is 47.0 Å². The Balaban J connectivity index is 2.76. The van der Waals surface area contributed by atoms with Gasteiger partial charge in [0.15, 0.2) is 0 Å². The van der Waals surface area contributed by atoms with Crippen molar-refractivity contribution >= 4 is 11.8 Å². The molecule has 1 aliphatic heterocycles. The molecule has 3 heteroatoms. The number of nitrogens with zero attached hydrogens (tertiary/aromatic N) is 1. The zero-order valence-corrected chi connectivity index (χ0v) is 12.9. The Kier molecular flexibility index (Phi) is 6.32. The van der Waals surface area contributed by atoms with E-state index in [4.69, 9.17) is 5.73 Å². The van der Waals surface area contributed by atoms with Crippen LogP contribution < -0.4 is 5.73 Å². The Hall–Kier alpha value is 0.270. The molecule has 0 spiro atoms. The predicted octanol–water partition coefficient (Wildman–Crippen LogP) is 2.97. The molecule has 0 aromatic heterocycles. The molecule has 102 valence electrons. The van der Waals surface area contributed by atoms with Crippen LogP contribution in [0.4, 0.5) is 0 Å². The van der Waals surface area contributed by atoms with E-state index >= 15 is 0 Å². The van der Waals surface area contributed by atoms with Crippen molar-refractivity contribution in [3.63, 3.8) is 0 Å². The van der Waals surface area contributed by atoms with Gasteiger partial charge in [-0.25, -0.2) is 0 Å². The van der Waals surface area contributed by atoms with Crippen LogP contribution in [0.15, 0.2) is 0 Å². The monoisotopic (exact) mass is 258 g/mol. The van der Waals surface area contributed by atoms with E-state index in [0.717, 1.165) is 19.0 Å². The van der Waals surface area contributed by atoms with Crippen molar-refractivity contribution in [1.29, 1.82) is 0 Å². The molecule has 2 unspecified atom stereocenters. The van der Waals surface area contributed by atoms with E-state index in [-0.39, 0.29) is 5.54 Å². The summed E-state index contributed by atoms with van der Waals surface area (Å²) in [6.07, 6.45) is 3.84. The first-order chi connectivity index (χ1) is 8.14. The van der Waals surface area contributed by atoms with E-state index in [2.05, 4.69) is 44.4 Å². The van der Waals surface area contributed by atoms with Crippen molar-refractivity contribution in [2.75, 3.05) is 25.4 Å². The van der Waals surface area contributed by atoms with Gasteiger partial charge in [-0.2, -0.15) is 11.8 Å². The van der Waals surface area contributed by atoms with Gasteiger partial charge in [-0.15, -0.1) is 0 Å². The maximum Gasteiger partial charge on any atom is 0.0455 e. The highest BCUT2D eigenvalue weighted by Crippen LogP contribution is 2.40. The molecule has 1 fully saturated rings. The minimum atomic E-state index is 0.266. The summed E-state index contributed by atoms with van der Waals surface area (Å²) in [6, 6.07) is 0. The highest BCUT2D eigenvalue weighted by molar-refractivity contribution is 8.00. The molecule has 17 heavy (non-hydrogen) atoms. The lowest BCUT2D eigenvalue weighted by molar-refractivity contribution is 0.0823. The summed E-state index contributed by atoms with van der Waals surface area (Å²) in [7, 11) is 0. The third-order valence-electron chi connectivity index (χ3n) is 4.66. The summed E-state index contributed by atoms with van der Waals surface area (Å²) in [5.74, 6) is 2.11. The molecule has 1 saturated heterocycles. The maximum atomic E-state index is 6.14. The van der Waals surface area contributed by atoms with E-state index in [1.54, 1.807) is 0 Å². The summed E-state index contributed by atoms with van der Waals surface area (Å²) in [5, 5.41) is 0.682. The minimum Gasteiger partial charge on any atom is -0.329 e. The van der Waals surface area contributed by atoms with Crippen molar-refractivity contribution in [2.45, 2.75) is 57.7 Å². The second-order valence-corrected chi connectivity index (χ2v) is 6.74. The van der Waals surface area contributed by atoms with Gasteiger partial charge in [-0.05, 0) is 24.6 Å². The fraction of sp³-hybridized carbons (Fsp3) is 1.00. The zero-order valence-electron chi connectivity index (χ0n) is 12.0. The fourth-order valence-electron chi connectivity index (χ4n) is 3.07. The summed E-state index contributed by atoms with van der Waals surface area (Å²) >= 11 is 2.09. The van der Waals surface area contributed by atoms with Gasteiger partial charge < -0.3 is 5.73 Å². The average molecular weight is 258 g/mol. The van der Waals surface area contributed by atoms with Gasteiger partial charge >= 0.3 is 0 Å². The normalized spacial score (nSPS) is 29.5. The lowest BCUT2D eigenvalue weighted by Gasteiger charge is -2.44. The zero-order chi connectivity index (χ0) is 12.9. The Morgan fingerprint density at radius 1 is 1.35 bits per heavy atom. The first-order valence-corrected chi connectivity index (χ1v) is 8.26. The molecule has 1 rings (SSSR count). The van der Waals surface area contributed by atoms with Gasteiger partial charge in [-0.1, -0.05) is 40.5 Å². The van der Waals surface area contributed by atoms with Gasteiger partial charge in [0, 0.05) is 23.9 Å². The van der Waals surface area contributed by atoms with Crippen LogP contribution >= 0.6 is 11.8 Å². The fourth-order valence-corrected chi connectivity index (χ4v) is 4.57. The number of likely N-dealkylation sites (N-methyl/N-ethyl adjacent to an activating group) is 1. The number of nitrogens with two attached hydrogens (primary N) is 1. The molecule has 0 amide bonds. The standard InChI is InChI=1S/C14H30N2S/c1-5-13(6-2)10-16(7-3)14(11-15)8-9-17-12(14)4/h12-13H,5-11,15H2,1-4H3. The number of thioether (sulfide) groups is 1. The van der Waals surface area contributed by atoms with Gasteiger partial charge in [0.2, 0.25) is 0 Å². The molecule has 2 atom stereocenters. The second kappa shape index (κ2) is 7.01. The largest absolute Gasteiger partial charge is 0.329 e.